The molecule has 0 radical (unpaired) electrons. The van der Waals surface area contributed by atoms with Gasteiger partial charge in [0.15, 0.2) is 5.01 Å². The van der Waals surface area contributed by atoms with Gasteiger partial charge in [-0.1, -0.05) is 0 Å². The largest absolute Gasteiger partial charge is 0.387 e. The molecule has 1 fully saturated rings. The van der Waals surface area contributed by atoms with Crippen LogP contribution >= 0.6 is 11.3 Å². The molecule has 1 saturated carbocycles. The molecule has 0 bridgehead atoms. The molecule has 0 aromatic carbocycles. The number of nitrogens with zero attached hydrogens (tertiary/aromatic N) is 5. The van der Waals surface area contributed by atoms with Crippen molar-refractivity contribution in [2.24, 2.45) is 0 Å². The molecule has 13 heteroatoms. The number of hydrogen-bond acceptors (Lipinski definition) is 8. The molecule has 1 unspecified atom stereocenters. The Morgan fingerprint density at radius 2 is 1.93 bits per heavy atom. The number of nitrogens with one attached hydrogen (secondary N) is 2. The molecule has 5 rings (SSSR count). The van der Waals surface area contributed by atoms with Gasteiger partial charge in [0.05, 0.1) is 52.1 Å². The lowest BCUT2D eigenvalue weighted by Crippen LogP contribution is -2.42. The number of thiazole rings is 1. The highest BCUT2D eigenvalue weighted by Gasteiger charge is 2.29. The van der Waals surface area contributed by atoms with Crippen LogP contribution in [0.25, 0.3) is 16.9 Å². The first kappa shape index (κ1) is 29.5. The van der Waals surface area contributed by atoms with E-state index in [1.807, 2.05) is 12.1 Å². The summed E-state index contributed by atoms with van der Waals surface area (Å²) in [4.78, 5) is 22.4. The summed E-state index contributed by atoms with van der Waals surface area (Å²) in [5.41, 5.74) is 1.42. The summed E-state index contributed by atoms with van der Waals surface area (Å²) in [6.07, 6.45) is 3.19. The fourth-order valence-corrected chi connectivity index (χ4v) is 5.95. The number of aromatic nitrogens is 4. The van der Waals surface area contributed by atoms with Crippen molar-refractivity contribution >= 4 is 28.4 Å². The maximum atomic E-state index is 14.4. The van der Waals surface area contributed by atoms with Crippen LogP contribution in [-0.2, 0) is 0 Å². The van der Waals surface area contributed by atoms with Gasteiger partial charge in [-0.15, -0.1) is 11.3 Å². The van der Waals surface area contributed by atoms with Crippen molar-refractivity contribution in [3.63, 3.8) is 0 Å². The first-order chi connectivity index (χ1) is 20.0. The zero-order valence-electron chi connectivity index (χ0n) is 23.0. The van der Waals surface area contributed by atoms with Crippen LogP contribution in [0.1, 0.15) is 77.7 Å². The SMILES string of the molecule is CC(C)(O)C(F)CNC(=O)c1cnc(-c2ccc3cc(C#N)cnn23)cc1NC1CCC(c2cnc(C(F)F)s2)CC1. The molecule has 1 amide bonds. The van der Waals surface area contributed by atoms with Gasteiger partial charge in [0, 0.05) is 23.3 Å². The molecule has 0 aliphatic heterocycles. The van der Waals surface area contributed by atoms with Crippen molar-refractivity contribution in [2.45, 2.75) is 69.7 Å². The van der Waals surface area contributed by atoms with E-state index in [4.69, 9.17) is 0 Å². The van der Waals surface area contributed by atoms with E-state index in [9.17, 15) is 28.3 Å². The molecule has 4 heterocycles. The third-order valence-electron chi connectivity index (χ3n) is 7.47. The van der Waals surface area contributed by atoms with Gasteiger partial charge in [0.25, 0.3) is 12.3 Å². The number of nitriles is 1. The lowest BCUT2D eigenvalue weighted by molar-refractivity contribution is -0.00177. The van der Waals surface area contributed by atoms with E-state index in [1.54, 1.807) is 22.8 Å². The molecule has 0 saturated heterocycles. The molecule has 1 aliphatic carbocycles. The molecule has 1 atom stereocenters. The van der Waals surface area contributed by atoms with Gasteiger partial charge in [-0.05, 0) is 69.7 Å². The number of fused-ring (bicyclic) bond motifs is 1. The minimum atomic E-state index is -2.58. The number of amides is 1. The average molecular weight is 598 g/mol. The Balaban J connectivity index is 1.38. The fourth-order valence-electron chi connectivity index (χ4n) is 5.01. The van der Waals surface area contributed by atoms with Gasteiger partial charge in [-0.25, -0.2) is 22.7 Å². The third kappa shape index (κ3) is 6.39. The smallest absolute Gasteiger partial charge is 0.289 e. The summed E-state index contributed by atoms with van der Waals surface area (Å²) >= 11 is 1.05. The van der Waals surface area contributed by atoms with E-state index < -0.39 is 24.1 Å². The first-order valence-corrected chi connectivity index (χ1v) is 14.4. The number of rotatable bonds is 9. The Kier molecular flexibility index (Phi) is 8.47. The average Bonchev–Trinajstić information content (AvgIpc) is 3.63. The molecule has 4 aromatic heterocycles. The minimum Gasteiger partial charge on any atom is -0.387 e. The summed E-state index contributed by atoms with van der Waals surface area (Å²) in [5, 5.41) is 29.3. The molecule has 9 nitrogen and oxygen atoms in total. The molecule has 3 N–H and O–H groups in total. The van der Waals surface area contributed by atoms with E-state index >= 15 is 0 Å². The lowest BCUT2D eigenvalue weighted by Gasteiger charge is -2.30. The normalized spacial score (nSPS) is 18.1. The zero-order valence-corrected chi connectivity index (χ0v) is 23.8. The Hall–Kier alpha value is -4.02. The Morgan fingerprint density at radius 3 is 2.60 bits per heavy atom. The van der Waals surface area contributed by atoms with Crippen LogP contribution in [0.3, 0.4) is 0 Å². The maximum absolute atomic E-state index is 14.4. The van der Waals surface area contributed by atoms with Crippen LogP contribution < -0.4 is 10.6 Å². The van der Waals surface area contributed by atoms with Crippen LogP contribution in [-0.4, -0.2) is 55.0 Å². The summed E-state index contributed by atoms with van der Waals surface area (Å²) in [7, 11) is 0. The molecular formula is C29H30F3N7O2S. The maximum Gasteiger partial charge on any atom is 0.289 e. The van der Waals surface area contributed by atoms with Crippen LogP contribution in [0.2, 0.25) is 0 Å². The third-order valence-corrected chi connectivity index (χ3v) is 8.63. The highest BCUT2D eigenvalue weighted by atomic mass is 32.1. The summed E-state index contributed by atoms with van der Waals surface area (Å²) < 4.78 is 42.0. The molecule has 42 heavy (non-hydrogen) atoms. The van der Waals surface area contributed by atoms with Gasteiger partial charge in [0.1, 0.15) is 12.2 Å². The van der Waals surface area contributed by atoms with Crippen LogP contribution in [0.4, 0.5) is 18.9 Å². The molecule has 1 aliphatic rings. The van der Waals surface area contributed by atoms with Crippen LogP contribution in [0.5, 0.6) is 0 Å². The Morgan fingerprint density at radius 1 is 1.17 bits per heavy atom. The standard InChI is InChI=1S/C29H30F3N7O2S/c1-29(2,41)25(30)15-35-27(40)20-13-34-22(23-8-7-19-9-16(11-33)12-37-39(19)23)10-21(20)38-18-5-3-17(4-6-18)24-14-36-28(42-24)26(31)32/h7-10,12-14,17-18,25-26,41H,3-6,15H2,1-2H3,(H,34,38)(H,35,40). The van der Waals surface area contributed by atoms with E-state index in [2.05, 4.69) is 31.8 Å². The fraction of sp³-hybridized carbons (Fsp3) is 0.414. The number of aliphatic hydroxyl groups is 1. The zero-order chi connectivity index (χ0) is 30.0. The predicted octanol–water partition coefficient (Wildman–Crippen LogP) is 5.64. The van der Waals surface area contributed by atoms with Crippen molar-refractivity contribution < 1.29 is 23.1 Å². The highest BCUT2D eigenvalue weighted by molar-refractivity contribution is 7.11. The Bertz CT molecular complexity index is 1620. The summed E-state index contributed by atoms with van der Waals surface area (Å²) in [6.45, 7) is 2.29. The molecule has 0 spiro atoms. The summed E-state index contributed by atoms with van der Waals surface area (Å²) in [6, 6.07) is 9.15. The highest BCUT2D eigenvalue weighted by Crippen LogP contribution is 2.38. The second kappa shape index (κ2) is 12.1. The van der Waals surface area contributed by atoms with Crippen LogP contribution in [0.15, 0.2) is 42.9 Å². The van der Waals surface area contributed by atoms with E-state index in [1.165, 1.54) is 26.2 Å². The number of alkyl halides is 3. The number of pyridine rings is 1. The van der Waals surface area contributed by atoms with E-state index in [0.717, 1.165) is 41.9 Å². The van der Waals surface area contributed by atoms with Gasteiger partial charge in [-0.3, -0.25) is 9.78 Å². The van der Waals surface area contributed by atoms with E-state index in [-0.39, 0.29) is 29.1 Å². The van der Waals surface area contributed by atoms with Gasteiger partial charge in [-0.2, -0.15) is 10.4 Å². The van der Waals surface area contributed by atoms with Crippen molar-refractivity contribution in [3.8, 4) is 17.5 Å². The van der Waals surface area contributed by atoms with Gasteiger partial charge in [0.2, 0.25) is 0 Å². The Labute approximate surface area is 244 Å². The van der Waals surface area contributed by atoms with Gasteiger partial charge >= 0.3 is 0 Å². The molecule has 220 valence electrons. The van der Waals surface area contributed by atoms with Crippen molar-refractivity contribution in [1.29, 1.82) is 5.26 Å². The number of carbonyl (C=O) groups is 1. The van der Waals surface area contributed by atoms with Crippen molar-refractivity contribution in [1.82, 2.24) is 24.9 Å². The molecular weight excluding hydrogens is 567 g/mol. The van der Waals surface area contributed by atoms with Crippen molar-refractivity contribution in [2.75, 3.05) is 11.9 Å². The second-order valence-corrected chi connectivity index (χ2v) is 12.0. The number of anilines is 1. The quantitative estimate of drug-likeness (QED) is 0.228. The monoisotopic (exact) mass is 597 g/mol. The number of carbonyl (C=O) groups excluding carboxylic acids is 1. The topological polar surface area (TPSA) is 128 Å². The van der Waals surface area contributed by atoms with Gasteiger partial charge < -0.3 is 15.7 Å². The first-order valence-electron chi connectivity index (χ1n) is 13.6. The van der Waals surface area contributed by atoms with Crippen molar-refractivity contribution in [3.05, 3.63) is 63.9 Å². The second-order valence-electron chi connectivity index (χ2n) is 11.0. The predicted molar refractivity (Wildman–Crippen MR) is 152 cm³/mol. The molecule has 4 aromatic rings. The van der Waals surface area contributed by atoms with E-state index in [0.29, 0.717) is 28.2 Å². The minimum absolute atomic E-state index is 0.00351. The number of hydrogen-bond donors (Lipinski definition) is 3. The summed E-state index contributed by atoms with van der Waals surface area (Å²) in [5.74, 6) is -0.401. The van der Waals surface area contributed by atoms with Crippen LogP contribution in [0, 0.1) is 11.3 Å². The number of halogens is 3. The lowest BCUT2D eigenvalue weighted by atomic mass is 9.85.